The zero-order valence-electron chi connectivity index (χ0n) is 13.8. The zero-order chi connectivity index (χ0) is 18.4. The van der Waals surface area contributed by atoms with E-state index in [0.717, 1.165) is 14.5 Å². The Labute approximate surface area is 162 Å². The van der Waals surface area contributed by atoms with Crippen LogP contribution >= 0.6 is 31.9 Å². The molecule has 0 aliphatic rings. The second-order valence-corrected chi connectivity index (χ2v) is 6.50. The van der Waals surface area contributed by atoms with Crippen molar-refractivity contribution in [2.24, 2.45) is 5.10 Å². The van der Waals surface area contributed by atoms with E-state index in [2.05, 4.69) is 42.4 Å². The van der Waals surface area contributed by atoms with Crippen molar-refractivity contribution in [3.8, 4) is 17.2 Å². The van der Waals surface area contributed by atoms with Gasteiger partial charge in [-0.25, -0.2) is 5.43 Å². The number of amides is 1. The van der Waals surface area contributed by atoms with Crippen LogP contribution in [0.1, 0.15) is 15.9 Å². The molecule has 0 radical (unpaired) electrons. The number of halogens is 2. The largest absolute Gasteiger partial charge is 0.494 e. The summed E-state index contributed by atoms with van der Waals surface area (Å²) in [6.45, 7) is 0. The number of ether oxygens (including phenoxy) is 3. The molecule has 0 atom stereocenters. The lowest BCUT2D eigenvalue weighted by Crippen LogP contribution is -2.17. The molecule has 0 aromatic heterocycles. The lowest BCUT2D eigenvalue weighted by molar-refractivity contribution is 0.0954. The summed E-state index contributed by atoms with van der Waals surface area (Å²) in [5, 5.41) is 3.97. The lowest BCUT2D eigenvalue weighted by atomic mass is 10.2. The number of carbonyl (C=O) groups is 1. The smallest absolute Gasteiger partial charge is 0.271 e. The summed E-state index contributed by atoms with van der Waals surface area (Å²) in [4.78, 5) is 12.2. The van der Waals surface area contributed by atoms with Gasteiger partial charge in [0.1, 0.15) is 5.75 Å². The van der Waals surface area contributed by atoms with Crippen LogP contribution in [0.3, 0.4) is 0 Å². The normalized spacial score (nSPS) is 10.6. The fourth-order valence-corrected chi connectivity index (χ4v) is 3.60. The van der Waals surface area contributed by atoms with Crippen molar-refractivity contribution in [3.63, 3.8) is 0 Å². The maximum absolute atomic E-state index is 12.2. The number of hydrogen-bond donors (Lipinski definition) is 1. The predicted octanol–water partition coefficient (Wildman–Crippen LogP) is 4.00. The number of benzene rings is 2. The highest BCUT2D eigenvalue weighted by molar-refractivity contribution is 9.11. The van der Waals surface area contributed by atoms with E-state index >= 15 is 0 Å². The summed E-state index contributed by atoms with van der Waals surface area (Å²) < 4.78 is 17.1. The number of hydrogen-bond acceptors (Lipinski definition) is 5. The van der Waals surface area contributed by atoms with Crippen molar-refractivity contribution in [2.75, 3.05) is 21.3 Å². The number of nitrogens with one attached hydrogen (secondary N) is 1. The minimum absolute atomic E-state index is 0.358. The Bertz CT molecular complexity index is 786. The third-order valence-electron chi connectivity index (χ3n) is 3.25. The predicted molar refractivity (Wildman–Crippen MR) is 103 cm³/mol. The summed E-state index contributed by atoms with van der Waals surface area (Å²) in [6, 6.07) is 8.54. The van der Waals surface area contributed by atoms with Crippen LogP contribution in [0.15, 0.2) is 44.4 Å². The number of hydrazone groups is 1. The van der Waals surface area contributed by atoms with E-state index in [1.165, 1.54) is 20.4 Å². The molecule has 0 heterocycles. The molecule has 1 N–H and O–H groups in total. The molecule has 2 aromatic rings. The van der Waals surface area contributed by atoms with Gasteiger partial charge in [-0.1, -0.05) is 0 Å². The Kier molecular flexibility index (Phi) is 6.83. The number of rotatable bonds is 6. The third kappa shape index (κ3) is 4.73. The Balaban J connectivity index is 2.11. The molecule has 0 aliphatic heterocycles. The molecule has 0 unspecified atom stereocenters. The monoisotopic (exact) mass is 470 g/mol. The zero-order valence-corrected chi connectivity index (χ0v) is 17.0. The Morgan fingerprint density at radius 2 is 1.64 bits per heavy atom. The first-order chi connectivity index (χ1) is 12.0. The minimum atomic E-state index is -0.358. The van der Waals surface area contributed by atoms with Crippen LogP contribution in [-0.4, -0.2) is 33.5 Å². The first kappa shape index (κ1) is 19.3. The SMILES string of the molecule is COc1ccc(C(=O)N/N=C/c2cc(Br)c(OC)c(Br)c2)cc1OC. The van der Waals surface area contributed by atoms with E-state index in [0.29, 0.717) is 22.8 Å². The van der Waals surface area contributed by atoms with Crippen molar-refractivity contribution in [3.05, 3.63) is 50.4 Å². The van der Waals surface area contributed by atoms with Crippen LogP contribution in [0.2, 0.25) is 0 Å². The maximum Gasteiger partial charge on any atom is 0.271 e. The van der Waals surface area contributed by atoms with Gasteiger partial charge in [-0.15, -0.1) is 0 Å². The number of methoxy groups -OCH3 is 3. The molecular formula is C17H16Br2N2O4. The van der Waals surface area contributed by atoms with E-state index in [9.17, 15) is 4.79 Å². The molecule has 8 heteroatoms. The van der Waals surface area contributed by atoms with Crippen LogP contribution in [0.5, 0.6) is 17.2 Å². The first-order valence-electron chi connectivity index (χ1n) is 7.08. The van der Waals surface area contributed by atoms with Gasteiger partial charge in [0.15, 0.2) is 11.5 Å². The summed E-state index contributed by atoms with van der Waals surface area (Å²) in [6.07, 6.45) is 1.54. The average molecular weight is 472 g/mol. The van der Waals surface area contributed by atoms with Crippen molar-refractivity contribution < 1.29 is 19.0 Å². The second kappa shape index (κ2) is 8.87. The highest BCUT2D eigenvalue weighted by atomic mass is 79.9. The van der Waals surface area contributed by atoms with Gasteiger partial charge in [0.25, 0.3) is 5.91 Å². The maximum atomic E-state index is 12.2. The van der Waals surface area contributed by atoms with E-state index in [1.807, 2.05) is 12.1 Å². The van der Waals surface area contributed by atoms with Crippen molar-refractivity contribution in [2.45, 2.75) is 0 Å². The van der Waals surface area contributed by atoms with Crippen LogP contribution in [0.4, 0.5) is 0 Å². The van der Waals surface area contributed by atoms with Gasteiger partial charge in [-0.3, -0.25) is 4.79 Å². The van der Waals surface area contributed by atoms with Crippen LogP contribution in [0.25, 0.3) is 0 Å². The van der Waals surface area contributed by atoms with Gasteiger partial charge in [0.05, 0.1) is 36.5 Å². The molecule has 0 saturated heterocycles. The average Bonchev–Trinajstić information content (AvgIpc) is 2.60. The molecule has 2 rings (SSSR count). The standard InChI is InChI=1S/C17H16Br2N2O4/c1-23-14-5-4-11(8-15(14)24-2)17(22)21-20-9-10-6-12(18)16(25-3)13(19)7-10/h4-9H,1-3H3,(H,21,22)/b20-9+. The molecule has 0 spiro atoms. The molecule has 0 fully saturated rings. The summed E-state index contributed by atoms with van der Waals surface area (Å²) >= 11 is 6.83. The fourth-order valence-electron chi connectivity index (χ4n) is 2.06. The van der Waals surface area contributed by atoms with Crippen LogP contribution in [0, 0.1) is 0 Å². The molecule has 2 aromatic carbocycles. The lowest BCUT2D eigenvalue weighted by Gasteiger charge is -2.08. The topological polar surface area (TPSA) is 69.2 Å². The van der Waals surface area contributed by atoms with Crippen LogP contribution in [-0.2, 0) is 0 Å². The van der Waals surface area contributed by atoms with Gasteiger partial charge >= 0.3 is 0 Å². The van der Waals surface area contributed by atoms with Gasteiger partial charge in [0.2, 0.25) is 0 Å². The summed E-state index contributed by atoms with van der Waals surface area (Å²) in [5.74, 6) is 1.35. The highest BCUT2D eigenvalue weighted by Gasteiger charge is 2.10. The Morgan fingerprint density at radius 1 is 1.00 bits per heavy atom. The fraction of sp³-hybridized carbons (Fsp3) is 0.176. The minimum Gasteiger partial charge on any atom is -0.494 e. The summed E-state index contributed by atoms with van der Waals surface area (Å²) in [7, 11) is 4.63. The van der Waals surface area contributed by atoms with Crippen LogP contribution < -0.4 is 19.6 Å². The Morgan fingerprint density at radius 3 is 2.20 bits per heavy atom. The number of nitrogens with zero attached hydrogens (tertiary/aromatic N) is 1. The number of carbonyl (C=O) groups excluding carboxylic acids is 1. The molecule has 132 valence electrons. The van der Waals surface area contributed by atoms with E-state index < -0.39 is 0 Å². The second-order valence-electron chi connectivity index (χ2n) is 4.79. The van der Waals surface area contributed by atoms with Crippen molar-refractivity contribution in [1.29, 1.82) is 0 Å². The molecular weight excluding hydrogens is 456 g/mol. The molecule has 0 aliphatic carbocycles. The van der Waals surface area contributed by atoms with Gasteiger partial charge in [0, 0.05) is 5.56 Å². The van der Waals surface area contributed by atoms with E-state index in [4.69, 9.17) is 14.2 Å². The molecule has 6 nitrogen and oxygen atoms in total. The van der Waals surface area contributed by atoms with E-state index in [1.54, 1.807) is 25.3 Å². The van der Waals surface area contributed by atoms with Crippen molar-refractivity contribution in [1.82, 2.24) is 5.43 Å². The van der Waals surface area contributed by atoms with Gasteiger partial charge < -0.3 is 14.2 Å². The molecule has 25 heavy (non-hydrogen) atoms. The molecule has 0 saturated carbocycles. The van der Waals surface area contributed by atoms with Gasteiger partial charge in [-0.05, 0) is 67.8 Å². The first-order valence-corrected chi connectivity index (χ1v) is 8.67. The molecule has 1 amide bonds. The third-order valence-corrected chi connectivity index (χ3v) is 4.43. The Hall–Kier alpha value is -2.06. The molecule has 0 bridgehead atoms. The quantitative estimate of drug-likeness (QED) is 0.510. The highest BCUT2D eigenvalue weighted by Crippen LogP contribution is 2.34. The summed E-state index contributed by atoms with van der Waals surface area (Å²) in [5.41, 5.74) is 3.67. The van der Waals surface area contributed by atoms with Gasteiger partial charge in [-0.2, -0.15) is 5.10 Å². The van der Waals surface area contributed by atoms with E-state index in [-0.39, 0.29) is 5.91 Å². The van der Waals surface area contributed by atoms with Crippen molar-refractivity contribution >= 4 is 44.0 Å².